The van der Waals surface area contributed by atoms with Gasteiger partial charge in [0.05, 0.1) is 24.5 Å². The number of carbonyl (C=O) groups excluding carboxylic acids is 1. The summed E-state index contributed by atoms with van der Waals surface area (Å²) in [5.74, 6) is 0.0571. The third kappa shape index (κ3) is 7.00. The van der Waals surface area contributed by atoms with Crippen LogP contribution in [0, 0.1) is 11.7 Å². The summed E-state index contributed by atoms with van der Waals surface area (Å²) in [6.45, 7) is 6.88. The molecule has 2 aromatic rings. The van der Waals surface area contributed by atoms with Crippen molar-refractivity contribution in [3.8, 4) is 0 Å². The molecule has 2 N–H and O–H groups in total. The summed E-state index contributed by atoms with van der Waals surface area (Å²) >= 11 is 0. The third-order valence-electron chi connectivity index (χ3n) is 6.05. The second kappa shape index (κ2) is 11.9. The fourth-order valence-electron chi connectivity index (χ4n) is 4.13. The molecule has 1 saturated heterocycles. The monoisotopic (exact) mass is 442 g/mol. The predicted molar refractivity (Wildman–Crippen MR) is 124 cm³/mol. The largest absolute Gasteiger partial charge is 0.381 e. The molecule has 32 heavy (non-hydrogen) atoms. The Morgan fingerprint density at radius 1 is 1.25 bits per heavy atom. The highest BCUT2D eigenvalue weighted by Gasteiger charge is 2.26. The van der Waals surface area contributed by atoms with Crippen molar-refractivity contribution in [1.29, 1.82) is 0 Å². The van der Waals surface area contributed by atoms with Crippen LogP contribution in [0.2, 0.25) is 0 Å². The number of amides is 2. The molecule has 0 saturated carbocycles. The van der Waals surface area contributed by atoms with Gasteiger partial charge < -0.3 is 20.3 Å². The maximum absolute atomic E-state index is 13.3. The lowest BCUT2D eigenvalue weighted by Crippen LogP contribution is -2.49. The number of aromatic nitrogens is 1. The smallest absolute Gasteiger partial charge is 0.318 e. The first-order chi connectivity index (χ1) is 15.5. The third-order valence-corrected chi connectivity index (χ3v) is 6.05. The number of hydrogen-bond donors (Lipinski definition) is 2. The SMILES string of the molecule is COC(Cc1cccc(CNC(=O)N(Cc2ccc(F)cn2)C2CCNCC2)c1)C(C)C. The van der Waals surface area contributed by atoms with Gasteiger partial charge >= 0.3 is 6.03 Å². The van der Waals surface area contributed by atoms with Gasteiger partial charge in [-0.2, -0.15) is 0 Å². The number of nitrogens with zero attached hydrogens (tertiary/aromatic N) is 2. The molecule has 1 aromatic heterocycles. The van der Waals surface area contributed by atoms with Crippen molar-refractivity contribution >= 4 is 6.03 Å². The van der Waals surface area contributed by atoms with Crippen molar-refractivity contribution in [3.05, 3.63) is 65.2 Å². The second-order valence-corrected chi connectivity index (χ2v) is 8.78. The van der Waals surface area contributed by atoms with Crippen LogP contribution in [0.3, 0.4) is 0 Å². The van der Waals surface area contributed by atoms with E-state index in [9.17, 15) is 9.18 Å². The van der Waals surface area contributed by atoms with Gasteiger partial charge in [-0.25, -0.2) is 9.18 Å². The van der Waals surface area contributed by atoms with Crippen LogP contribution in [-0.4, -0.2) is 48.3 Å². The van der Waals surface area contributed by atoms with Crippen molar-refractivity contribution in [2.24, 2.45) is 5.92 Å². The molecule has 2 heterocycles. The Kier molecular flexibility index (Phi) is 9.00. The lowest BCUT2D eigenvalue weighted by molar-refractivity contribution is 0.0654. The Hall–Kier alpha value is -2.51. The van der Waals surface area contributed by atoms with E-state index < -0.39 is 0 Å². The number of rotatable bonds is 9. The van der Waals surface area contributed by atoms with Crippen LogP contribution in [0.5, 0.6) is 0 Å². The number of piperidine rings is 1. The molecule has 1 aliphatic rings. The van der Waals surface area contributed by atoms with Crippen LogP contribution in [0.25, 0.3) is 0 Å². The van der Waals surface area contributed by atoms with Crippen LogP contribution in [-0.2, 0) is 24.2 Å². The van der Waals surface area contributed by atoms with E-state index in [2.05, 4.69) is 41.6 Å². The van der Waals surface area contributed by atoms with Crippen molar-refractivity contribution in [3.63, 3.8) is 0 Å². The maximum Gasteiger partial charge on any atom is 0.318 e. The van der Waals surface area contributed by atoms with E-state index in [1.165, 1.54) is 17.8 Å². The van der Waals surface area contributed by atoms with Gasteiger partial charge in [-0.3, -0.25) is 4.98 Å². The molecule has 0 aliphatic carbocycles. The molecule has 1 fully saturated rings. The Morgan fingerprint density at radius 2 is 2.00 bits per heavy atom. The summed E-state index contributed by atoms with van der Waals surface area (Å²) in [7, 11) is 1.75. The zero-order valence-electron chi connectivity index (χ0n) is 19.3. The minimum absolute atomic E-state index is 0.120. The molecule has 174 valence electrons. The normalized spacial score (nSPS) is 15.5. The van der Waals surface area contributed by atoms with Gasteiger partial charge in [0.1, 0.15) is 5.82 Å². The van der Waals surface area contributed by atoms with Gasteiger partial charge in [0.2, 0.25) is 0 Å². The molecular weight excluding hydrogens is 407 g/mol. The van der Waals surface area contributed by atoms with E-state index >= 15 is 0 Å². The zero-order chi connectivity index (χ0) is 22.9. The van der Waals surface area contributed by atoms with Crippen LogP contribution in [0.1, 0.15) is 43.5 Å². The minimum Gasteiger partial charge on any atom is -0.381 e. The highest BCUT2D eigenvalue weighted by atomic mass is 19.1. The van der Waals surface area contributed by atoms with Gasteiger partial charge in [0.15, 0.2) is 0 Å². The van der Waals surface area contributed by atoms with E-state index in [0.717, 1.165) is 37.9 Å². The summed E-state index contributed by atoms with van der Waals surface area (Å²) in [6.07, 6.45) is 3.98. The second-order valence-electron chi connectivity index (χ2n) is 8.78. The van der Waals surface area contributed by atoms with E-state index in [1.807, 2.05) is 17.0 Å². The maximum atomic E-state index is 13.3. The molecule has 0 bridgehead atoms. The lowest BCUT2D eigenvalue weighted by Gasteiger charge is -2.34. The lowest BCUT2D eigenvalue weighted by atomic mass is 9.98. The summed E-state index contributed by atoms with van der Waals surface area (Å²) in [4.78, 5) is 19.1. The van der Waals surface area contributed by atoms with Crippen molar-refractivity contribution in [1.82, 2.24) is 20.5 Å². The molecule has 7 heteroatoms. The number of methoxy groups -OCH3 is 1. The molecule has 0 spiro atoms. The first kappa shape index (κ1) is 24.1. The molecule has 2 amide bonds. The average Bonchev–Trinajstić information content (AvgIpc) is 2.81. The number of pyridine rings is 1. The predicted octanol–water partition coefficient (Wildman–Crippen LogP) is 3.90. The van der Waals surface area contributed by atoms with E-state index in [0.29, 0.717) is 24.7 Å². The van der Waals surface area contributed by atoms with Gasteiger partial charge in [-0.05, 0) is 61.5 Å². The van der Waals surface area contributed by atoms with Gasteiger partial charge in [0, 0.05) is 19.7 Å². The molecule has 6 nitrogen and oxygen atoms in total. The topological polar surface area (TPSA) is 66.5 Å². The molecule has 1 unspecified atom stereocenters. The van der Waals surface area contributed by atoms with E-state index in [1.54, 1.807) is 13.2 Å². The zero-order valence-corrected chi connectivity index (χ0v) is 19.3. The molecule has 1 aromatic carbocycles. The molecule has 1 aliphatic heterocycles. The standard InChI is InChI=1S/C25H35FN4O2/c1-18(2)24(32-3)14-19-5-4-6-20(13-19)15-29-25(31)30(23-9-11-27-12-10-23)17-22-8-7-21(26)16-28-22/h4-8,13,16,18,23-24,27H,9-12,14-15,17H2,1-3H3,(H,29,31). The quantitative estimate of drug-likeness (QED) is 0.618. The number of urea groups is 1. The molecule has 0 radical (unpaired) electrons. The van der Waals surface area contributed by atoms with E-state index in [4.69, 9.17) is 4.74 Å². The van der Waals surface area contributed by atoms with Crippen LogP contribution >= 0.6 is 0 Å². The Labute approximate surface area is 190 Å². The van der Waals surface area contributed by atoms with Crippen molar-refractivity contribution in [2.45, 2.75) is 58.3 Å². The average molecular weight is 443 g/mol. The van der Waals surface area contributed by atoms with Crippen LogP contribution in [0.4, 0.5) is 9.18 Å². The molecular formula is C25H35FN4O2. The summed E-state index contributed by atoms with van der Waals surface area (Å²) < 4.78 is 18.9. The minimum atomic E-state index is -0.375. The number of hydrogen-bond acceptors (Lipinski definition) is 4. The van der Waals surface area contributed by atoms with Gasteiger partial charge in [-0.1, -0.05) is 38.1 Å². The number of benzene rings is 1. The van der Waals surface area contributed by atoms with Gasteiger partial charge in [-0.15, -0.1) is 0 Å². The van der Waals surface area contributed by atoms with Crippen molar-refractivity contribution < 1.29 is 13.9 Å². The summed E-state index contributed by atoms with van der Waals surface area (Å²) in [5, 5.41) is 6.42. The highest BCUT2D eigenvalue weighted by Crippen LogP contribution is 2.17. The van der Waals surface area contributed by atoms with E-state index in [-0.39, 0.29) is 24.0 Å². The fraction of sp³-hybridized carbons (Fsp3) is 0.520. The first-order valence-electron chi connectivity index (χ1n) is 11.4. The number of halogens is 1. The highest BCUT2D eigenvalue weighted by molar-refractivity contribution is 5.74. The number of carbonyl (C=O) groups is 1. The molecule has 3 rings (SSSR count). The Morgan fingerprint density at radius 3 is 2.66 bits per heavy atom. The van der Waals surface area contributed by atoms with Crippen molar-refractivity contribution in [2.75, 3.05) is 20.2 Å². The Balaban J connectivity index is 1.65. The van der Waals surface area contributed by atoms with Crippen LogP contribution < -0.4 is 10.6 Å². The molecule has 1 atom stereocenters. The summed E-state index contributed by atoms with van der Waals surface area (Å²) in [5.41, 5.74) is 2.93. The summed E-state index contributed by atoms with van der Waals surface area (Å²) in [6, 6.07) is 11.3. The first-order valence-corrected chi connectivity index (χ1v) is 11.4. The van der Waals surface area contributed by atoms with Gasteiger partial charge in [0.25, 0.3) is 0 Å². The number of ether oxygens (including phenoxy) is 1. The fourth-order valence-corrected chi connectivity index (χ4v) is 4.13. The Bertz CT molecular complexity index is 853. The number of nitrogens with one attached hydrogen (secondary N) is 2. The van der Waals surface area contributed by atoms with Crippen LogP contribution in [0.15, 0.2) is 42.6 Å².